The Morgan fingerprint density at radius 1 is 0.714 bits per heavy atom. The second-order valence-electron chi connectivity index (χ2n) is 2.67. The maximum Gasteiger partial charge on any atom is 0.350 e. The fourth-order valence-corrected chi connectivity index (χ4v) is 0.898. The average Bonchev–Trinajstić information content (AvgIpc) is 2.10. The first-order valence-corrected chi connectivity index (χ1v) is 3.23. The van der Waals surface area contributed by atoms with Crippen molar-refractivity contribution in [2.45, 2.75) is 24.2 Å². The van der Waals surface area contributed by atoms with Gasteiger partial charge in [0.25, 0.3) is 0 Å². The lowest BCUT2D eigenvalue weighted by atomic mass is 9.94. The van der Waals surface area contributed by atoms with Gasteiger partial charge in [0.15, 0.2) is 11.7 Å². The zero-order valence-corrected chi connectivity index (χ0v) is 6.18. The Morgan fingerprint density at radius 3 is 1.14 bits per heavy atom. The first-order valence-electron chi connectivity index (χ1n) is 3.23. The van der Waals surface area contributed by atoms with Gasteiger partial charge in [-0.3, -0.25) is 0 Å². The van der Waals surface area contributed by atoms with Gasteiger partial charge in [-0.25, -0.2) is 17.6 Å². The fraction of sp³-hybridized carbons (Fsp3) is 0.667. The molecule has 0 aliphatic heterocycles. The summed E-state index contributed by atoms with van der Waals surface area (Å²) >= 11 is 0. The molecule has 0 amide bonds. The van der Waals surface area contributed by atoms with Crippen molar-refractivity contribution in [1.82, 2.24) is 0 Å². The lowest BCUT2D eigenvalue weighted by molar-refractivity contribution is -0.265. The number of allylic oxidation sites excluding steroid dienone is 2. The Hall–Kier alpha value is -0.820. The molecule has 0 nitrogen and oxygen atoms in total. The van der Waals surface area contributed by atoms with Crippen molar-refractivity contribution in [1.29, 1.82) is 0 Å². The van der Waals surface area contributed by atoms with Crippen LogP contribution in [0, 0.1) is 0 Å². The monoisotopic (exact) mass is 226 g/mol. The van der Waals surface area contributed by atoms with Gasteiger partial charge in [-0.15, -0.1) is 0 Å². The SMILES string of the molecule is FC1=C(F)C(F)C(F)(F)C(F)(F)C1F. The maximum atomic E-state index is 12.2. The van der Waals surface area contributed by atoms with Crippen molar-refractivity contribution in [3.8, 4) is 0 Å². The highest BCUT2D eigenvalue weighted by Gasteiger charge is 2.72. The van der Waals surface area contributed by atoms with Gasteiger partial charge >= 0.3 is 11.8 Å². The van der Waals surface area contributed by atoms with Gasteiger partial charge < -0.3 is 0 Å². The molecule has 0 aromatic rings. The first-order chi connectivity index (χ1) is 6.14. The zero-order valence-electron chi connectivity index (χ0n) is 6.18. The van der Waals surface area contributed by atoms with E-state index in [4.69, 9.17) is 0 Å². The maximum absolute atomic E-state index is 12.2. The van der Waals surface area contributed by atoms with Crippen molar-refractivity contribution < 1.29 is 35.1 Å². The zero-order chi connectivity index (χ0) is 11.3. The third-order valence-corrected chi connectivity index (χ3v) is 1.75. The molecular formula is C6H2F8. The second-order valence-corrected chi connectivity index (χ2v) is 2.67. The van der Waals surface area contributed by atoms with Gasteiger partial charge in [0, 0.05) is 0 Å². The van der Waals surface area contributed by atoms with E-state index >= 15 is 0 Å². The van der Waals surface area contributed by atoms with Crippen LogP contribution in [-0.4, -0.2) is 24.2 Å². The van der Waals surface area contributed by atoms with Gasteiger partial charge in [-0.1, -0.05) is 0 Å². The molecule has 1 aliphatic carbocycles. The van der Waals surface area contributed by atoms with E-state index in [2.05, 4.69) is 0 Å². The van der Waals surface area contributed by atoms with Gasteiger partial charge in [-0.05, 0) is 0 Å². The molecule has 0 N–H and O–H groups in total. The summed E-state index contributed by atoms with van der Waals surface area (Å²) in [7, 11) is 0. The van der Waals surface area contributed by atoms with Crippen molar-refractivity contribution in [3.63, 3.8) is 0 Å². The molecule has 0 bridgehead atoms. The van der Waals surface area contributed by atoms with E-state index in [0.29, 0.717) is 0 Å². The number of rotatable bonds is 0. The molecule has 8 heteroatoms. The van der Waals surface area contributed by atoms with Crippen LogP contribution < -0.4 is 0 Å². The second kappa shape index (κ2) is 2.83. The van der Waals surface area contributed by atoms with Crippen LogP contribution in [0.1, 0.15) is 0 Å². The smallest absolute Gasteiger partial charge is 0.233 e. The minimum Gasteiger partial charge on any atom is -0.233 e. The lowest BCUT2D eigenvalue weighted by Crippen LogP contribution is -2.57. The van der Waals surface area contributed by atoms with Gasteiger partial charge in [0.1, 0.15) is 0 Å². The van der Waals surface area contributed by atoms with Crippen molar-refractivity contribution in [3.05, 3.63) is 11.7 Å². The number of halogens is 8. The predicted octanol–water partition coefficient (Wildman–Crippen LogP) is 3.10. The lowest BCUT2D eigenvalue weighted by Gasteiger charge is -2.33. The molecule has 2 unspecified atom stereocenters. The molecule has 0 aromatic heterocycles. The summed E-state index contributed by atoms with van der Waals surface area (Å²) in [5.41, 5.74) is 0. The van der Waals surface area contributed by atoms with Crippen molar-refractivity contribution in [2.75, 3.05) is 0 Å². The van der Waals surface area contributed by atoms with Crippen molar-refractivity contribution >= 4 is 0 Å². The van der Waals surface area contributed by atoms with E-state index in [1.54, 1.807) is 0 Å². The van der Waals surface area contributed by atoms with Crippen molar-refractivity contribution in [2.24, 2.45) is 0 Å². The highest BCUT2D eigenvalue weighted by molar-refractivity contribution is 5.24. The summed E-state index contributed by atoms with van der Waals surface area (Å²) in [5, 5.41) is 0. The highest BCUT2D eigenvalue weighted by Crippen LogP contribution is 2.51. The van der Waals surface area contributed by atoms with Crippen LogP contribution in [-0.2, 0) is 0 Å². The minimum atomic E-state index is -5.59. The minimum absolute atomic E-state index is 2.83. The molecule has 0 spiro atoms. The Morgan fingerprint density at radius 2 is 0.929 bits per heavy atom. The van der Waals surface area contributed by atoms with Gasteiger partial charge in [0.05, 0.1) is 0 Å². The fourth-order valence-electron chi connectivity index (χ4n) is 0.898. The average molecular weight is 226 g/mol. The van der Waals surface area contributed by atoms with Crippen LogP contribution in [0.15, 0.2) is 11.7 Å². The Bertz CT molecular complexity index is 252. The molecule has 1 aliphatic rings. The summed E-state index contributed by atoms with van der Waals surface area (Å²) in [6.07, 6.45) is -8.33. The summed E-state index contributed by atoms with van der Waals surface area (Å²) in [6, 6.07) is 0. The Labute approximate surface area is 72.2 Å². The Balaban J connectivity index is 3.31. The van der Waals surface area contributed by atoms with E-state index in [9.17, 15) is 35.1 Å². The van der Waals surface area contributed by atoms with E-state index < -0.39 is 35.8 Å². The molecule has 2 atom stereocenters. The van der Waals surface area contributed by atoms with E-state index in [-0.39, 0.29) is 0 Å². The molecule has 14 heavy (non-hydrogen) atoms. The molecule has 0 fully saturated rings. The van der Waals surface area contributed by atoms with Gasteiger partial charge in [-0.2, -0.15) is 17.6 Å². The molecule has 82 valence electrons. The molecule has 0 saturated carbocycles. The summed E-state index contributed by atoms with van der Waals surface area (Å²) < 4.78 is 97.7. The number of hydrogen-bond acceptors (Lipinski definition) is 0. The third-order valence-electron chi connectivity index (χ3n) is 1.75. The standard InChI is InChI=1S/C6H2F8/c7-1-2(8)4(10)6(13,14)5(11,12)3(1)9/h3-4H. The Kier molecular flexibility index (Phi) is 2.28. The van der Waals surface area contributed by atoms with Gasteiger partial charge in [0.2, 0.25) is 12.3 Å². The molecular weight excluding hydrogens is 224 g/mol. The van der Waals surface area contributed by atoms with Crippen LogP contribution in [0.2, 0.25) is 0 Å². The van der Waals surface area contributed by atoms with Crippen LogP contribution in [0.4, 0.5) is 35.1 Å². The van der Waals surface area contributed by atoms with Crippen LogP contribution in [0.5, 0.6) is 0 Å². The first kappa shape index (κ1) is 11.3. The predicted molar refractivity (Wildman–Crippen MR) is 28.9 cm³/mol. The quantitative estimate of drug-likeness (QED) is 0.556. The topological polar surface area (TPSA) is 0 Å². The molecule has 0 heterocycles. The normalized spacial score (nSPS) is 36.0. The third kappa shape index (κ3) is 1.12. The number of alkyl halides is 6. The molecule has 0 aromatic carbocycles. The van der Waals surface area contributed by atoms with E-state index in [0.717, 1.165) is 0 Å². The van der Waals surface area contributed by atoms with E-state index in [1.165, 1.54) is 0 Å². The molecule has 0 radical (unpaired) electrons. The molecule has 0 saturated heterocycles. The highest BCUT2D eigenvalue weighted by atomic mass is 19.3. The van der Waals surface area contributed by atoms with Crippen LogP contribution in [0.3, 0.4) is 0 Å². The molecule has 1 rings (SSSR count). The summed E-state index contributed by atoms with van der Waals surface area (Å²) in [6.45, 7) is 0. The summed E-state index contributed by atoms with van der Waals surface area (Å²) in [5.74, 6) is -16.8. The van der Waals surface area contributed by atoms with Crippen LogP contribution >= 0.6 is 0 Å². The largest absolute Gasteiger partial charge is 0.350 e. The summed E-state index contributed by atoms with van der Waals surface area (Å²) in [4.78, 5) is 0. The van der Waals surface area contributed by atoms with E-state index in [1.807, 2.05) is 0 Å². The van der Waals surface area contributed by atoms with Crippen LogP contribution in [0.25, 0.3) is 0 Å². The number of hydrogen-bond donors (Lipinski definition) is 0.